The van der Waals surface area contributed by atoms with E-state index in [4.69, 9.17) is 5.73 Å². The fraction of sp³-hybridized carbons (Fsp3) is 0.417. The van der Waals surface area contributed by atoms with Gasteiger partial charge in [-0.15, -0.1) is 0 Å². The van der Waals surface area contributed by atoms with Gasteiger partial charge in [-0.05, 0) is 18.1 Å². The maximum Gasteiger partial charge on any atom is 0.292 e. The van der Waals surface area contributed by atoms with Crippen molar-refractivity contribution in [1.29, 1.82) is 0 Å². The summed E-state index contributed by atoms with van der Waals surface area (Å²) < 4.78 is 25.5. The van der Waals surface area contributed by atoms with Crippen LogP contribution in [0.4, 0.5) is 11.4 Å². The zero-order valence-corrected chi connectivity index (χ0v) is 12.5. The monoisotopic (exact) mass is 315 g/mol. The molecule has 0 aliphatic rings. The van der Waals surface area contributed by atoms with Crippen molar-refractivity contribution in [2.75, 3.05) is 11.5 Å². The Morgan fingerprint density at radius 3 is 2.62 bits per heavy atom. The summed E-state index contributed by atoms with van der Waals surface area (Å²) in [5, 5.41) is 10.7. The fourth-order valence-corrected chi connectivity index (χ4v) is 3.05. The van der Waals surface area contributed by atoms with Gasteiger partial charge in [0.05, 0.1) is 10.7 Å². The number of carbonyl (C=O) groups is 1. The van der Waals surface area contributed by atoms with E-state index in [0.717, 1.165) is 6.07 Å². The van der Waals surface area contributed by atoms with E-state index in [1.807, 2.05) is 11.6 Å². The Morgan fingerprint density at radius 1 is 1.48 bits per heavy atom. The lowest BCUT2D eigenvalue weighted by Crippen LogP contribution is -2.34. The molecule has 0 saturated carbocycles. The second-order valence-corrected chi connectivity index (χ2v) is 6.52. The van der Waals surface area contributed by atoms with Gasteiger partial charge in [-0.2, -0.15) is 0 Å². The van der Waals surface area contributed by atoms with Gasteiger partial charge in [-0.1, -0.05) is 20.3 Å². The highest BCUT2D eigenvalue weighted by Gasteiger charge is 2.21. The summed E-state index contributed by atoms with van der Waals surface area (Å²) in [5.41, 5.74) is 4.73. The minimum absolute atomic E-state index is 0.0981. The Bertz CT molecular complexity index is 657. The van der Waals surface area contributed by atoms with Gasteiger partial charge < -0.3 is 5.73 Å². The van der Waals surface area contributed by atoms with E-state index in [1.54, 1.807) is 6.92 Å². The first-order valence-electron chi connectivity index (χ1n) is 6.25. The molecule has 0 aromatic heterocycles. The largest absolute Gasteiger partial charge is 0.393 e. The van der Waals surface area contributed by atoms with E-state index in [-0.39, 0.29) is 22.9 Å². The topological polar surface area (TPSA) is 132 Å². The zero-order chi connectivity index (χ0) is 16.2. The number of hydrogen-bond acceptors (Lipinski definition) is 6. The van der Waals surface area contributed by atoms with E-state index in [9.17, 15) is 23.3 Å². The average molecular weight is 315 g/mol. The number of carbonyl (C=O) groups excluding carboxylic acids is 1. The van der Waals surface area contributed by atoms with E-state index >= 15 is 0 Å². The number of hydrogen-bond donors (Lipinski definition) is 2. The summed E-state index contributed by atoms with van der Waals surface area (Å²) in [6, 6.07) is 3.37. The molecule has 21 heavy (non-hydrogen) atoms. The van der Waals surface area contributed by atoms with E-state index in [2.05, 4.69) is 0 Å². The normalized spacial score (nSPS) is 12.7. The summed E-state index contributed by atoms with van der Waals surface area (Å²) in [6.45, 7) is 3.59. The Morgan fingerprint density at radius 2 is 2.10 bits per heavy atom. The van der Waals surface area contributed by atoms with Crippen molar-refractivity contribution in [3.63, 3.8) is 0 Å². The maximum absolute atomic E-state index is 11.9. The highest BCUT2D eigenvalue weighted by Crippen LogP contribution is 2.22. The van der Waals surface area contributed by atoms with Crippen LogP contribution >= 0.6 is 0 Å². The molecule has 0 radical (unpaired) electrons. The molecule has 1 aromatic rings. The third kappa shape index (κ3) is 4.71. The third-order valence-corrected chi connectivity index (χ3v) is 4.44. The molecule has 1 atom stereocenters. The van der Waals surface area contributed by atoms with Crippen LogP contribution in [-0.2, 0) is 10.0 Å². The first-order valence-corrected chi connectivity index (χ1v) is 7.90. The number of nitrogens with two attached hydrogens (primary N) is 1. The van der Waals surface area contributed by atoms with Crippen molar-refractivity contribution in [3.05, 3.63) is 33.9 Å². The first kappa shape index (κ1) is 16.9. The highest BCUT2D eigenvalue weighted by atomic mass is 32.2. The van der Waals surface area contributed by atoms with Crippen LogP contribution in [0.1, 0.15) is 30.6 Å². The molecule has 0 heterocycles. The quantitative estimate of drug-likeness (QED) is 0.461. The summed E-state index contributed by atoms with van der Waals surface area (Å²) in [5.74, 6) is -1.20. The zero-order valence-electron chi connectivity index (χ0n) is 11.7. The molecule has 1 amide bonds. The molecular formula is C12H17N3O5S. The number of sulfonamides is 1. The molecule has 3 N–H and O–H groups in total. The molecule has 0 unspecified atom stereocenters. The van der Waals surface area contributed by atoms with Crippen molar-refractivity contribution < 1.29 is 18.1 Å². The van der Waals surface area contributed by atoms with E-state index in [1.165, 1.54) is 12.1 Å². The Labute approximate surface area is 122 Å². The average Bonchev–Trinajstić information content (AvgIpc) is 2.37. The second-order valence-electron chi connectivity index (χ2n) is 4.76. The third-order valence-electron chi connectivity index (χ3n) is 2.94. The molecule has 116 valence electrons. The first-order chi connectivity index (χ1) is 9.66. The minimum Gasteiger partial charge on any atom is -0.393 e. The molecule has 0 fully saturated rings. The standard InChI is InChI=1S/C12H17N3O5S/c1-3-8(2)7-21(19,20)14-12(16)9-4-5-10(13)11(6-9)15(17)18/h4-6,8H,3,7,13H2,1-2H3,(H,14,16)/t8-/m0/s1. The summed E-state index contributed by atoms with van der Waals surface area (Å²) in [4.78, 5) is 21.9. The van der Waals surface area contributed by atoms with Crippen LogP contribution < -0.4 is 10.5 Å². The van der Waals surface area contributed by atoms with Crippen LogP contribution in [-0.4, -0.2) is 25.0 Å². The molecule has 0 spiro atoms. The lowest BCUT2D eigenvalue weighted by molar-refractivity contribution is -0.383. The van der Waals surface area contributed by atoms with Crippen LogP contribution in [0.25, 0.3) is 0 Å². The van der Waals surface area contributed by atoms with Gasteiger partial charge in [0.25, 0.3) is 11.6 Å². The van der Waals surface area contributed by atoms with Crippen LogP contribution in [0.3, 0.4) is 0 Å². The number of nitrogen functional groups attached to an aromatic ring is 1. The van der Waals surface area contributed by atoms with E-state index < -0.39 is 26.5 Å². The van der Waals surface area contributed by atoms with Gasteiger partial charge in [0.15, 0.2) is 0 Å². The molecular weight excluding hydrogens is 298 g/mol. The predicted molar refractivity (Wildman–Crippen MR) is 78.2 cm³/mol. The lowest BCUT2D eigenvalue weighted by atomic mass is 10.1. The minimum atomic E-state index is -3.78. The number of nitrogens with one attached hydrogen (secondary N) is 1. The van der Waals surface area contributed by atoms with E-state index in [0.29, 0.717) is 6.42 Å². The van der Waals surface area contributed by atoms with Crippen LogP contribution in [0, 0.1) is 16.0 Å². The number of nitrogens with zero attached hydrogens (tertiary/aromatic N) is 1. The summed E-state index contributed by atoms with van der Waals surface area (Å²) >= 11 is 0. The van der Waals surface area contributed by atoms with Gasteiger partial charge in [0.2, 0.25) is 10.0 Å². The van der Waals surface area contributed by atoms with Crippen molar-refractivity contribution in [1.82, 2.24) is 4.72 Å². The van der Waals surface area contributed by atoms with Crippen molar-refractivity contribution >= 4 is 27.3 Å². The number of benzene rings is 1. The Kier molecular flexibility index (Phi) is 5.25. The van der Waals surface area contributed by atoms with Crippen LogP contribution in [0.5, 0.6) is 0 Å². The maximum atomic E-state index is 11.9. The second kappa shape index (κ2) is 6.53. The number of amides is 1. The van der Waals surface area contributed by atoms with Crippen molar-refractivity contribution in [3.8, 4) is 0 Å². The lowest BCUT2D eigenvalue weighted by Gasteiger charge is -2.10. The molecule has 8 nitrogen and oxygen atoms in total. The molecule has 1 aromatic carbocycles. The molecule has 1 rings (SSSR count). The van der Waals surface area contributed by atoms with Gasteiger partial charge in [-0.3, -0.25) is 14.9 Å². The number of anilines is 1. The number of nitro groups is 1. The van der Waals surface area contributed by atoms with Crippen molar-refractivity contribution in [2.24, 2.45) is 5.92 Å². The molecule has 0 aliphatic heterocycles. The molecule has 9 heteroatoms. The van der Waals surface area contributed by atoms with Crippen molar-refractivity contribution in [2.45, 2.75) is 20.3 Å². The van der Waals surface area contributed by atoms with Gasteiger partial charge in [0.1, 0.15) is 5.69 Å². The van der Waals surface area contributed by atoms with Gasteiger partial charge >= 0.3 is 0 Å². The molecule has 0 aliphatic carbocycles. The van der Waals surface area contributed by atoms with Crippen LogP contribution in [0.2, 0.25) is 0 Å². The molecule has 0 bridgehead atoms. The fourth-order valence-electron chi connectivity index (χ4n) is 1.58. The van der Waals surface area contributed by atoms with Gasteiger partial charge in [-0.25, -0.2) is 13.1 Å². The highest BCUT2D eigenvalue weighted by molar-refractivity contribution is 7.90. The smallest absolute Gasteiger partial charge is 0.292 e. The Hall–Kier alpha value is -2.16. The molecule has 0 saturated heterocycles. The summed E-state index contributed by atoms with van der Waals surface area (Å²) in [6.07, 6.45) is 0.655. The van der Waals surface area contributed by atoms with Crippen LogP contribution in [0.15, 0.2) is 18.2 Å². The number of nitro benzene ring substituents is 1. The van der Waals surface area contributed by atoms with Gasteiger partial charge in [0, 0.05) is 11.6 Å². The Balaban J connectivity index is 2.95. The predicted octanol–water partition coefficient (Wildman–Crippen LogP) is 1.28. The number of rotatable bonds is 6. The summed E-state index contributed by atoms with van der Waals surface area (Å²) in [7, 11) is -3.78. The SMILES string of the molecule is CC[C@H](C)CS(=O)(=O)NC(=O)c1ccc(N)c([N+](=O)[O-])c1.